The first-order valence-electron chi connectivity index (χ1n) is 28.3. The van der Waals surface area contributed by atoms with Crippen molar-refractivity contribution in [1.82, 2.24) is 20.0 Å². The fraction of sp³-hybridized carbons (Fsp3) is 0.712. The number of likely N-dealkylation sites (tertiary alicyclic amines) is 1. The molecule has 3 N–H and O–H groups in total. The molecule has 14 atom stereocenters. The van der Waals surface area contributed by atoms with Crippen LogP contribution in [0.5, 0.6) is 0 Å². The second kappa shape index (κ2) is 25.5. The van der Waals surface area contributed by atoms with Crippen molar-refractivity contribution in [2.24, 2.45) is 35.5 Å². The van der Waals surface area contributed by atoms with Crippen molar-refractivity contribution in [1.29, 1.82) is 0 Å². The van der Waals surface area contributed by atoms with Crippen molar-refractivity contribution in [3.63, 3.8) is 0 Å². The molecule has 0 aromatic heterocycles. The van der Waals surface area contributed by atoms with Crippen LogP contribution in [0.15, 0.2) is 60.7 Å². The van der Waals surface area contributed by atoms with E-state index in [1.54, 1.807) is 4.90 Å². The van der Waals surface area contributed by atoms with Gasteiger partial charge in [-0.2, -0.15) is 0 Å². The van der Waals surface area contributed by atoms with Crippen molar-refractivity contribution in [3.8, 4) is 0 Å². The van der Waals surface area contributed by atoms with Crippen LogP contribution >= 0.6 is 11.6 Å². The molecule has 3 amide bonds. The number of hydrogen-bond acceptors (Lipinski definition) is 7. The third-order valence-electron chi connectivity index (χ3n) is 19.3. The van der Waals surface area contributed by atoms with E-state index >= 15 is 0 Å². The highest BCUT2D eigenvalue weighted by Gasteiger charge is 2.50. The summed E-state index contributed by atoms with van der Waals surface area (Å²) in [5.74, 6) is 1.77. The molecular weight excluding hydrogens is 960 g/mol. The minimum atomic E-state index is -0.786. The normalized spacial score (nSPS) is 35.4. The molecule has 73 heavy (non-hydrogen) atoms. The Bertz CT molecular complexity index is 2070. The van der Waals surface area contributed by atoms with E-state index in [9.17, 15) is 24.3 Å². The fourth-order valence-corrected chi connectivity index (χ4v) is 16.6. The highest BCUT2D eigenvalue weighted by atomic mass is 35.5. The van der Waals surface area contributed by atoms with Gasteiger partial charge >= 0.3 is 23.3 Å². The second-order valence-electron chi connectivity index (χ2n) is 23.7. The Balaban J connectivity index is 0.000000168. The number of aliphatic carboxylic acids is 2. The molecule has 402 valence electrons. The van der Waals surface area contributed by atoms with E-state index in [-0.39, 0.29) is 49.2 Å². The zero-order valence-corrected chi connectivity index (χ0v) is 44.1. The molecule has 4 aliphatic carbocycles. The molecule has 12 rings (SSSR count). The number of carbonyl (C=O) groups is 4. The third kappa shape index (κ3) is 13.0. The van der Waals surface area contributed by atoms with Crippen LogP contribution in [0.1, 0.15) is 155 Å². The molecule has 14 heteroatoms. The number of anilines is 2. The molecule has 2 aromatic carbocycles. The summed E-state index contributed by atoms with van der Waals surface area (Å²) in [6, 6.07) is 24.3. The first kappa shape index (κ1) is 55.7. The Hall–Kier alpha value is -3.55. The molecule has 12 nitrogen and oxygen atoms in total. The fourth-order valence-electron chi connectivity index (χ4n) is 16.3. The minimum Gasteiger partial charge on any atom is -1.00 e. The summed E-state index contributed by atoms with van der Waals surface area (Å²) >= 11 is 6.08. The van der Waals surface area contributed by atoms with E-state index in [2.05, 4.69) is 21.5 Å². The van der Waals surface area contributed by atoms with Gasteiger partial charge < -0.3 is 32.8 Å². The maximum atomic E-state index is 13.9. The average molecular weight is 1050 g/mol. The van der Waals surface area contributed by atoms with E-state index in [1.807, 2.05) is 70.5 Å². The lowest BCUT2D eigenvalue weighted by atomic mass is 9.68. The maximum absolute atomic E-state index is 13.9. The van der Waals surface area contributed by atoms with Crippen LogP contribution in [0.4, 0.5) is 21.0 Å². The van der Waals surface area contributed by atoms with Crippen LogP contribution < -0.4 is 27.5 Å². The van der Waals surface area contributed by atoms with Gasteiger partial charge in [-0.1, -0.05) is 88.8 Å². The number of nitrogens with zero attached hydrogens (tertiary/aromatic N) is 5. The predicted octanol–water partition coefficient (Wildman–Crippen LogP) is 8.71. The van der Waals surface area contributed by atoms with Crippen LogP contribution in [0.25, 0.3) is 0 Å². The van der Waals surface area contributed by atoms with Crippen molar-refractivity contribution < 1.29 is 41.8 Å². The maximum Gasteiger partial charge on any atom is 0.324 e. The lowest BCUT2D eigenvalue weighted by Crippen LogP contribution is -3.00. The van der Waals surface area contributed by atoms with Gasteiger partial charge in [0, 0.05) is 67.3 Å². The summed E-state index contributed by atoms with van der Waals surface area (Å²) in [5.41, 5.74) is 1.90. The Kier molecular flexibility index (Phi) is 19.5. The van der Waals surface area contributed by atoms with Crippen LogP contribution in [-0.2, 0) is 9.59 Å². The zero-order chi connectivity index (χ0) is 49.0. The standard InChI is InChI=1S/C29H41N3O3.C24H32ClN2O.C5H9NO2.CH4.ClH/c33-28(34)22-12-13-30(19-22)29(35)32(23-8-2-1-3-9-23)27-17-24-10-5-11-25(18-27)31(24)26-15-20-6-4-7-21(14-20)16-26;25-24(28)27(19-8-2-1-3-9-19)23-15-20-10-5-11-21(16-23)26(20)22-13-17-6-4-7-18(12-17)14-22;7-5(8)4-1-2-6-3-4;;/h1-3,8-9,20-22,24-27H,4-7,10-19H2,(H,33,34);1-3,5,8-9,17-18,20-23H,4,6-7,10-16H2;4,6H,1-3H2,(H,7,8);1H4;1H/q;+1;;;/p-1/t20-,21+,22-,24-,25+,26?,27?;17-,18+,20-,21+,22?,23?;4-;;/m1.1../s1. The molecule has 2 aromatic rings. The number of piperidine rings is 4. The summed E-state index contributed by atoms with van der Waals surface area (Å²) in [5, 5.41) is 20.5. The molecule has 0 radical (unpaired) electrons. The van der Waals surface area contributed by atoms with Crippen molar-refractivity contribution in [2.45, 2.75) is 203 Å². The average Bonchev–Trinajstić information content (AvgIpc) is 4.10. The molecule has 4 unspecified atom stereocenters. The number of carboxylic acids is 2. The Labute approximate surface area is 448 Å². The van der Waals surface area contributed by atoms with Gasteiger partial charge in [-0.25, -0.2) is 4.79 Å². The molecule has 0 spiro atoms. The second-order valence-corrected chi connectivity index (χ2v) is 24.1. The van der Waals surface area contributed by atoms with Gasteiger partial charge in [-0.15, -0.1) is 0 Å². The third-order valence-corrected chi connectivity index (χ3v) is 19.5. The molecular formula is C59H86Cl2N6O6. The van der Waals surface area contributed by atoms with Gasteiger partial charge in [0.05, 0.1) is 30.3 Å². The van der Waals surface area contributed by atoms with Gasteiger partial charge in [0.15, 0.2) is 0 Å². The Morgan fingerprint density at radius 2 is 1.00 bits per heavy atom. The molecule has 8 bridgehead atoms. The molecule has 6 saturated heterocycles. The summed E-state index contributed by atoms with van der Waals surface area (Å²) in [4.78, 5) is 59.5. The van der Waals surface area contributed by atoms with Gasteiger partial charge in [-0.3, -0.25) is 34.0 Å². The molecule has 4 saturated carbocycles. The number of para-hydroxylation sites is 2. The van der Waals surface area contributed by atoms with Gasteiger partial charge in [0.25, 0.3) is 0 Å². The number of rotatable bonds is 8. The highest BCUT2D eigenvalue weighted by Crippen LogP contribution is 2.49. The number of halogens is 2. The van der Waals surface area contributed by atoms with E-state index < -0.39 is 17.9 Å². The number of carbonyl (C=O) groups excluding carboxylic acids is 2. The van der Waals surface area contributed by atoms with Crippen LogP contribution in [-0.4, -0.2) is 123 Å². The number of hydrogen-bond donors (Lipinski definition) is 3. The van der Waals surface area contributed by atoms with Gasteiger partial charge in [-0.05, 0) is 156 Å². The first-order valence-corrected chi connectivity index (χ1v) is 28.6. The Morgan fingerprint density at radius 1 is 0.548 bits per heavy atom. The van der Waals surface area contributed by atoms with Gasteiger partial charge in [0.2, 0.25) is 0 Å². The summed E-state index contributed by atoms with van der Waals surface area (Å²) in [6.07, 6.45) is 31.4. The highest BCUT2D eigenvalue weighted by molar-refractivity contribution is 6.66. The van der Waals surface area contributed by atoms with Crippen molar-refractivity contribution >= 4 is 46.3 Å². The molecule has 10 fully saturated rings. The lowest BCUT2D eigenvalue weighted by molar-refractivity contribution is -0.142. The Morgan fingerprint density at radius 3 is 1.44 bits per heavy atom. The number of urea groups is 1. The minimum absolute atomic E-state index is 0. The number of fused-ring (bicyclic) bond motifs is 8. The number of amides is 3. The van der Waals surface area contributed by atoms with E-state index in [1.165, 1.54) is 96.3 Å². The van der Waals surface area contributed by atoms with E-state index in [4.69, 9.17) is 16.7 Å². The SMILES string of the molecule is C.O=C(Cl)N(c1ccccc1)C1C[C@H]2C[CH+]C[C@@H](C1)N2C1C[C@H]2CCC[C@@H](C1)C2.O=C(O)[C@@H]1CCN(C(=O)N(c2ccccc2)C2C[C@H]3CCC[C@@H](C2)N3C2C[C@H]3CCC[C@@H](C2)C3)C1.O=C(O)[C@@H]1CCNC1.[Cl-]. The van der Waals surface area contributed by atoms with E-state index in [0.29, 0.717) is 50.2 Å². The van der Waals surface area contributed by atoms with Gasteiger partial charge in [0.1, 0.15) is 12.8 Å². The van der Waals surface area contributed by atoms with Crippen LogP contribution in [0.3, 0.4) is 0 Å². The summed E-state index contributed by atoms with van der Waals surface area (Å²) < 4.78 is 0. The largest absolute Gasteiger partial charge is 1.00 e. The summed E-state index contributed by atoms with van der Waals surface area (Å²) in [6.45, 7) is 2.37. The quantitative estimate of drug-likeness (QED) is 0.135. The monoisotopic (exact) mass is 1040 g/mol. The van der Waals surface area contributed by atoms with Crippen LogP contribution in [0, 0.1) is 41.9 Å². The first-order chi connectivity index (χ1) is 34.6. The predicted molar refractivity (Wildman–Crippen MR) is 286 cm³/mol. The lowest BCUT2D eigenvalue weighted by Gasteiger charge is -2.56. The number of nitrogens with one attached hydrogen (secondary N) is 1. The number of carboxylic acid groups (broad SMARTS) is 2. The topological polar surface area (TPSA) is 137 Å². The van der Waals surface area contributed by atoms with E-state index in [0.717, 1.165) is 98.6 Å². The number of benzene rings is 2. The summed E-state index contributed by atoms with van der Waals surface area (Å²) in [7, 11) is 0. The van der Waals surface area contributed by atoms with Crippen LogP contribution in [0.2, 0.25) is 0 Å². The zero-order valence-electron chi connectivity index (χ0n) is 42.5. The molecule has 6 aliphatic heterocycles. The molecule has 10 aliphatic rings. The van der Waals surface area contributed by atoms with Crippen molar-refractivity contribution in [3.05, 3.63) is 67.1 Å². The smallest absolute Gasteiger partial charge is 0.324 e. The van der Waals surface area contributed by atoms with Crippen molar-refractivity contribution in [2.75, 3.05) is 36.0 Å². The molecule has 6 heterocycles.